The van der Waals surface area contributed by atoms with Crippen molar-refractivity contribution in [3.05, 3.63) is 28.7 Å². The van der Waals surface area contributed by atoms with Crippen molar-refractivity contribution in [3.8, 4) is 5.75 Å². The summed E-state index contributed by atoms with van der Waals surface area (Å²) in [5, 5.41) is 2.90. The van der Waals surface area contributed by atoms with Crippen molar-refractivity contribution in [2.45, 2.75) is 32.7 Å². The third kappa shape index (κ3) is 6.96. The van der Waals surface area contributed by atoms with Crippen molar-refractivity contribution < 1.29 is 14.3 Å². The molecule has 1 fully saturated rings. The Morgan fingerprint density at radius 2 is 1.88 bits per heavy atom. The average molecular weight is 426 g/mol. The van der Waals surface area contributed by atoms with Crippen LogP contribution in [0, 0.1) is 0 Å². The number of hydrogen-bond donors (Lipinski definition) is 1. The molecule has 0 spiro atoms. The Balaban J connectivity index is 1.62. The number of nitrogens with zero attached hydrogens (tertiary/aromatic N) is 2. The zero-order chi connectivity index (χ0) is 18.9. The number of para-hydroxylation sites is 1. The summed E-state index contributed by atoms with van der Waals surface area (Å²) in [6, 6.07) is 7.85. The Kier molecular flexibility index (Phi) is 8.38. The predicted molar refractivity (Wildman–Crippen MR) is 105 cm³/mol. The van der Waals surface area contributed by atoms with Gasteiger partial charge in [0.15, 0.2) is 0 Å². The highest BCUT2D eigenvalue weighted by molar-refractivity contribution is 9.10. The molecule has 1 N–H and O–H groups in total. The minimum Gasteiger partial charge on any atom is -0.492 e. The highest BCUT2D eigenvalue weighted by Gasteiger charge is 2.22. The van der Waals surface area contributed by atoms with Gasteiger partial charge in [0.05, 0.1) is 17.6 Å². The number of carbonyl (C=O) groups is 2. The summed E-state index contributed by atoms with van der Waals surface area (Å²) in [5.74, 6) is 1.00. The van der Waals surface area contributed by atoms with Crippen LogP contribution >= 0.6 is 15.9 Å². The number of halogens is 1. The van der Waals surface area contributed by atoms with Gasteiger partial charge in [-0.1, -0.05) is 12.1 Å². The number of amides is 2. The van der Waals surface area contributed by atoms with Crippen molar-refractivity contribution in [2.24, 2.45) is 0 Å². The monoisotopic (exact) mass is 425 g/mol. The standard InChI is InChI=1S/C19H28BrN3O3/c1-15(2)21-18(24)14-22-9-11-23(12-10-22)19(25)8-5-13-26-17-7-4-3-6-16(17)20/h3-4,6-7,15H,5,8-14H2,1-2H3,(H,21,24). The predicted octanol–water partition coefficient (Wildman–Crippen LogP) is 2.28. The second-order valence-corrected chi connectivity index (χ2v) is 7.62. The largest absolute Gasteiger partial charge is 0.492 e. The second-order valence-electron chi connectivity index (χ2n) is 6.76. The topological polar surface area (TPSA) is 61.9 Å². The molecule has 0 bridgehead atoms. The quantitative estimate of drug-likeness (QED) is 0.648. The van der Waals surface area contributed by atoms with Gasteiger partial charge in [0, 0.05) is 38.6 Å². The fourth-order valence-corrected chi connectivity index (χ4v) is 3.25. The molecule has 1 aromatic carbocycles. The number of hydrogen-bond acceptors (Lipinski definition) is 4. The van der Waals surface area contributed by atoms with Crippen LogP contribution in [0.2, 0.25) is 0 Å². The van der Waals surface area contributed by atoms with Crippen LogP contribution in [0.1, 0.15) is 26.7 Å². The number of rotatable bonds is 8. The summed E-state index contributed by atoms with van der Waals surface area (Å²) in [5.41, 5.74) is 0. The van der Waals surface area contributed by atoms with Gasteiger partial charge in [0.2, 0.25) is 11.8 Å². The Bertz CT molecular complexity index is 601. The van der Waals surface area contributed by atoms with Gasteiger partial charge in [0.1, 0.15) is 5.75 Å². The summed E-state index contributed by atoms with van der Waals surface area (Å²) in [6.07, 6.45) is 1.18. The Morgan fingerprint density at radius 1 is 1.19 bits per heavy atom. The van der Waals surface area contributed by atoms with Crippen molar-refractivity contribution >= 4 is 27.7 Å². The number of nitrogens with one attached hydrogen (secondary N) is 1. The van der Waals surface area contributed by atoms with Gasteiger partial charge in [-0.2, -0.15) is 0 Å². The molecule has 0 atom stereocenters. The molecule has 2 rings (SSSR count). The van der Waals surface area contributed by atoms with Crippen LogP contribution in [0.3, 0.4) is 0 Å². The van der Waals surface area contributed by atoms with Gasteiger partial charge in [-0.05, 0) is 48.3 Å². The van der Waals surface area contributed by atoms with E-state index in [-0.39, 0.29) is 17.9 Å². The van der Waals surface area contributed by atoms with Crippen LogP contribution in [-0.4, -0.2) is 67.0 Å². The maximum Gasteiger partial charge on any atom is 0.234 e. The molecule has 0 aliphatic carbocycles. The molecule has 26 heavy (non-hydrogen) atoms. The van der Waals surface area contributed by atoms with E-state index in [1.54, 1.807) is 0 Å². The molecule has 1 aromatic rings. The first-order chi connectivity index (χ1) is 12.5. The third-order valence-corrected chi connectivity index (χ3v) is 4.83. The fraction of sp³-hybridized carbons (Fsp3) is 0.579. The Morgan fingerprint density at radius 3 is 2.54 bits per heavy atom. The van der Waals surface area contributed by atoms with Crippen molar-refractivity contribution in [3.63, 3.8) is 0 Å². The molecule has 0 saturated carbocycles. The highest BCUT2D eigenvalue weighted by Crippen LogP contribution is 2.23. The van der Waals surface area contributed by atoms with Gasteiger partial charge in [-0.3, -0.25) is 14.5 Å². The molecule has 0 unspecified atom stereocenters. The summed E-state index contributed by atoms with van der Waals surface area (Å²) < 4.78 is 6.62. The van der Waals surface area contributed by atoms with Gasteiger partial charge in [0.25, 0.3) is 0 Å². The van der Waals surface area contributed by atoms with Crippen molar-refractivity contribution in [1.29, 1.82) is 0 Å². The summed E-state index contributed by atoms with van der Waals surface area (Å²) in [6.45, 7) is 7.67. The average Bonchev–Trinajstić information content (AvgIpc) is 2.60. The van der Waals surface area contributed by atoms with Crippen molar-refractivity contribution in [2.75, 3.05) is 39.3 Å². The minimum absolute atomic E-state index is 0.0454. The van der Waals surface area contributed by atoms with Crippen molar-refractivity contribution in [1.82, 2.24) is 15.1 Å². The normalized spacial score (nSPS) is 15.2. The van der Waals surface area contributed by atoms with Gasteiger partial charge < -0.3 is 15.0 Å². The van der Waals surface area contributed by atoms with E-state index >= 15 is 0 Å². The molecule has 6 nitrogen and oxygen atoms in total. The number of benzene rings is 1. The first-order valence-corrected chi connectivity index (χ1v) is 9.92. The molecule has 144 valence electrons. The van der Waals surface area contributed by atoms with E-state index < -0.39 is 0 Å². The molecule has 1 heterocycles. The van der Waals surface area contributed by atoms with E-state index in [1.165, 1.54) is 0 Å². The molecule has 1 aliphatic heterocycles. The molecular weight excluding hydrogens is 398 g/mol. The molecule has 2 amide bonds. The molecular formula is C19H28BrN3O3. The first kappa shape index (κ1) is 20.7. The summed E-state index contributed by atoms with van der Waals surface area (Å²) >= 11 is 3.44. The zero-order valence-corrected chi connectivity index (χ0v) is 17.1. The fourth-order valence-electron chi connectivity index (χ4n) is 2.85. The molecule has 1 saturated heterocycles. The number of piperazine rings is 1. The van der Waals surface area contributed by atoms with E-state index in [1.807, 2.05) is 43.0 Å². The zero-order valence-electron chi connectivity index (χ0n) is 15.5. The SMILES string of the molecule is CC(C)NC(=O)CN1CCN(C(=O)CCCOc2ccccc2Br)CC1. The molecule has 0 radical (unpaired) electrons. The lowest BCUT2D eigenvalue weighted by Crippen LogP contribution is -2.51. The van der Waals surface area contributed by atoms with Crippen LogP contribution in [0.4, 0.5) is 0 Å². The Hall–Kier alpha value is -1.60. The second kappa shape index (κ2) is 10.5. The lowest BCUT2D eigenvalue weighted by atomic mass is 10.2. The highest BCUT2D eigenvalue weighted by atomic mass is 79.9. The van der Waals surface area contributed by atoms with Crippen LogP contribution in [0.15, 0.2) is 28.7 Å². The molecule has 7 heteroatoms. The van der Waals surface area contributed by atoms with E-state index in [9.17, 15) is 9.59 Å². The summed E-state index contributed by atoms with van der Waals surface area (Å²) in [4.78, 5) is 28.1. The van der Waals surface area contributed by atoms with E-state index in [0.29, 0.717) is 39.1 Å². The smallest absolute Gasteiger partial charge is 0.234 e. The van der Waals surface area contributed by atoms with E-state index in [2.05, 4.69) is 26.1 Å². The summed E-state index contributed by atoms with van der Waals surface area (Å²) in [7, 11) is 0. The lowest BCUT2D eigenvalue weighted by Gasteiger charge is -2.34. The maximum atomic E-state index is 12.3. The van der Waals surface area contributed by atoms with Crippen LogP contribution in [-0.2, 0) is 9.59 Å². The van der Waals surface area contributed by atoms with Gasteiger partial charge >= 0.3 is 0 Å². The Labute approximate surface area is 164 Å². The number of ether oxygens (including phenoxy) is 1. The third-order valence-electron chi connectivity index (χ3n) is 4.17. The van der Waals surface area contributed by atoms with Crippen LogP contribution in [0.25, 0.3) is 0 Å². The molecule has 0 aromatic heterocycles. The first-order valence-electron chi connectivity index (χ1n) is 9.12. The molecule has 1 aliphatic rings. The van der Waals surface area contributed by atoms with Gasteiger partial charge in [-0.25, -0.2) is 0 Å². The minimum atomic E-state index is 0.0454. The number of carbonyl (C=O) groups excluding carboxylic acids is 2. The van der Waals surface area contributed by atoms with E-state index in [0.717, 1.165) is 23.3 Å². The lowest BCUT2D eigenvalue weighted by molar-refractivity contribution is -0.133. The van der Waals surface area contributed by atoms with E-state index in [4.69, 9.17) is 4.74 Å². The van der Waals surface area contributed by atoms with Crippen LogP contribution in [0.5, 0.6) is 5.75 Å². The van der Waals surface area contributed by atoms with Gasteiger partial charge in [-0.15, -0.1) is 0 Å². The van der Waals surface area contributed by atoms with Crippen LogP contribution < -0.4 is 10.1 Å². The maximum absolute atomic E-state index is 12.3.